The molecule has 3 atom stereocenters. The fraction of sp³-hybridized carbons (Fsp3) is 1.00. The highest BCUT2D eigenvalue weighted by molar-refractivity contribution is 4.69. The standard InChI is InChI=1S/C8H18O4/c1-6(10)5-8(12)7(11)3-2-4-9/h6-12H,2-5H2,1H3. The molecule has 0 aliphatic heterocycles. The van der Waals surface area contributed by atoms with Gasteiger partial charge in [0.1, 0.15) is 0 Å². The summed E-state index contributed by atoms with van der Waals surface area (Å²) in [7, 11) is 0. The molecule has 0 aliphatic rings. The molecule has 0 aromatic heterocycles. The molecule has 0 saturated heterocycles. The molecule has 0 radical (unpaired) electrons. The SMILES string of the molecule is CC(O)CC(O)C(O)CCCO. The molecule has 0 saturated carbocycles. The zero-order valence-electron chi connectivity index (χ0n) is 7.35. The molecule has 4 heteroatoms. The molecule has 0 bridgehead atoms. The molecule has 4 N–H and O–H groups in total. The molecule has 3 unspecified atom stereocenters. The number of aliphatic hydroxyl groups excluding tert-OH is 4. The first kappa shape index (κ1) is 11.8. The van der Waals surface area contributed by atoms with Crippen LogP contribution in [-0.2, 0) is 0 Å². The van der Waals surface area contributed by atoms with Crippen LogP contribution in [0.4, 0.5) is 0 Å². The van der Waals surface area contributed by atoms with E-state index in [9.17, 15) is 10.2 Å². The van der Waals surface area contributed by atoms with Crippen molar-refractivity contribution in [2.75, 3.05) is 6.61 Å². The van der Waals surface area contributed by atoms with Gasteiger partial charge in [-0.25, -0.2) is 0 Å². The molecule has 0 spiro atoms. The second-order valence-electron chi connectivity index (χ2n) is 3.09. The van der Waals surface area contributed by atoms with E-state index in [1.165, 1.54) is 0 Å². The Kier molecular flexibility index (Phi) is 6.28. The van der Waals surface area contributed by atoms with Crippen LogP contribution in [0.1, 0.15) is 26.2 Å². The van der Waals surface area contributed by atoms with Gasteiger partial charge in [0.2, 0.25) is 0 Å². The molecule has 0 rings (SSSR count). The average Bonchev–Trinajstić information content (AvgIpc) is 1.98. The monoisotopic (exact) mass is 178 g/mol. The molecule has 4 nitrogen and oxygen atoms in total. The van der Waals surface area contributed by atoms with Crippen molar-refractivity contribution in [2.24, 2.45) is 0 Å². The van der Waals surface area contributed by atoms with Crippen molar-refractivity contribution in [3.63, 3.8) is 0 Å². The van der Waals surface area contributed by atoms with Gasteiger partial charge in [0, 0.05) is 13.0 Å². The van der Waals surface area contributed by atoms with Crippen LogP contribution in [0.5, 0.6) is 0 Å². The Morgan fingerprint density at radius 1 is 1.08 bits per heavy atom. The van der Waals surface area contributed by atoms with E-state index in [4.69, 9.17) is 10.2 Å². The van der Waals surface area contributed by atoms with Crippen molar-refractivity contribution in [1.29, 1.82) is 0 Å². The zero-order chi connectivity index (χ0) is 9.56. The van der Waals surface area contributed by atoms with Crippen molar-refractivity contribution in [3.8, 4) is 0 Å². The van der Waals surface area contributed by atoms with Crippen LogP contribution < -0.4 is 0 Å². The second-order valence-corrected chi connectivity index (χ2v) is 3.09. The Hall–Kier alpha value is -0.160. The normalized spacial score (nSPS) is 18.8. The summed E-state index contributed by atoms with van der Waals surface area (Å²) in [6.45, 7) is 1.57. The predicted octanol–water partition coefficient (Wildman–Crippen LogP) is -0.748. The van der Waals surface area contributed by atoms with Gasteiger partial charge in [-0.05, 0) is 19.8 Å². The van der Waals surface area contributed by atoms with Gasteiger partial charge in [0.25, 0.3) is 0 Å². The summed E-state index contributed by atoms with van der Waals surface area (Å²) in [5, 5.41) is 35.8. The largest absolute Gasteiger partial charge is 0.396 e. The highest BCUT2D eigenvalue weighted by Crippen LogP contribution is 2.07. The third kappa shape index (κ3) is 5.49. The van der Waals surface area contributed by atoms with Gasteiger partial charge >= 0.3 is 0 Å². The van der Waals surface area contributed by atoms with E-state index in [0.29, 0.717) is 12.8 Å². The van der Waals surface area contributed by atoms with Gasteiger partial charge in [0.05, 0.1) is 18.3 Å². The minimum Gasteiger partial charge on any atom is -0.396 e. The van der Waals surface area contributed by atoms with Gasteiger partial charge in [-0.1, -0.05) is 0 Å². The molecule has 74 valence electrons. The highest BCUT2D eigenvalue weighted by atomic mass is 16.3. The van der Waals surface area contributed by atoms with Crippen molar-refractivity contribution in [2.45, 2.75) is 44.5 Å². The van der Waals surface area contributed by atoms with Crippen LogP contribution in [0, 0.1) is 0 Å². The third-order valence-electron chi connectivity index (χ3n) is 1.68. The topological polar surface area (TPSA) is 80.9 Å². The van der Waals surface area contributed by atoms with Crippen LogP contribution >= 0.6 is 0 Å². The van der Waals surface area contributed by atoms with Crippen molar-refractivity contribution in [3.05, 3.63) is 0 Å². The Balaban J connectivity index is 3.53. The Labute approximate surface area is 72.5 Å². The summed E-state index contributed by atoms with van der Waals surface area (Å²) >= 11 is 0. The highest BCUT2D eigenvalue weighted by Gasteiger charge is 2.17. The minimum absolute atomic E-state index is 0.0124. The Morgan fingerprint density at radius 2 is 1.67 bits per heavy atom. The lowest BCUT2D eigenvalue weighted by atomic mass is 10.0. The van der Waals surface area contributed by atoms with Gasteiger partial charge in [-0.2, -0.15) is 0 Å². The smallest absolute Gasteiger partial charge is 0.0823 e. The lowest BCUT2D eigenvalue weighted by molar-refractivity contribution is -0.0147. The number of hydrogen-bond acceptors (Lipinski definition) is 4. The van der Waals surface area contributed by atoms with Crippen LogP contribution in [0.25, 0.3) is 0 Å². The van der Waals surface area contributed by atoms with Gasteiger partial charge in [0.15, 0.2) is 0 Å². The molecule has 0 heterocycles. The lowest BCUT2D eigenvalue weighted by Crippen LogP contribution is -2.29. The maximum atomic E-state index is 9.23. The van der Waals surface area contributed by atoms with Crippen molar-refractivity contribution in [1.82, 2.24) is 0 Å². The summed E-state index contributed by atoms with van der Waals surface area (Å²) in [6.07, 6.45) is -1.33. The van der Waals surface area contributed by atoms with E-state index in [0.717, 1.165) is 0 Å². The Bertz CT molecular complexity index is 105. The molecular weight excluding hydrogens is 160 g/mol. The van der Waals surface area contributed by atoms with Gasteiger partial charge in [-0.15, -0.1) is 0 Å². The predicted molar refractivity (Wildman–Crippen MR) is 44.6 cm³/mol. The average molecular weight is 178 g/mol. The van der Waals surface area contributed by atoms with Crippen molar-refractivity contribution >= 4 is 0 Å². The minimum atomic E-state index is -0.892. The summed E-state index contributed by atoms with van der Waals surface area (Å²) in [4.78, 5) is 0. The van der Waals surface area contributed by atoms with Crippen molar-refractivity contribution < 1.29 is 20.4 Å². The van der Waals surface area contributed by atoms with Crippen LogP contribution in [-0.4, -0.2) is 45.3 Å². The lowest BCUT2D eigenvalue weighted by Gasteiger charge is -2.18. The summed E-state index contributed by atoms with van der Waals surface area (Å²) in [6, 6.07) is 0. The molecule has 0 fully saturated rings. The fourth-order valence-corrected chi connectivity index (χ4v) is 0.999. The molecule has 0 aromatic carbocycles. The maximum Gasteiger partial charge on any atom is 0.0823 e. The fourth-order valence-electron chi connectivity index (χ4n) is 0.999. The number of hydrogen-bond donors (Lipinski definition) is 4. The maximum absolute atomic E-state index is 9.23. The van der Waals surface area contributed by atoms with Crippen LogP contribution in [0.15, 0.2) is 0 Å². The van der Waals surface area contributed by atoms with Crippen LogP contribution in [0.2, 0.25) is 0 Å². The van der Waals surface area contributed by atoms with E-state index in [2.05, 4.69) is 0 Å². The number of rotatable bonds is 6. The van der Waals surface area contributed by atoms with E-state index in [1.807, 2.05) is 0 Å². The molecule has 0 amide bonds. The Morgan fingerprint density at radius 3 is 2.08 bits per heavy atom. The molecule has 0 aromatic rings. The van der Waals surface area contributed by atoms with E-state index in [-0.39, 0.29) is 13.0 Å². The van der Waals surface area contributed by atoms with E-state index in [1.54, 1.807) is 6.92 Å². The first-order chi connectivity index (χ1) is 5.57. The first-order valence-electron chi connectivity index (χ1n) is 4.23. The zero-order valence-corrected chi connectivity index (χ0v) is 7.35. The third-order valence-corrected chi connectivity index (χ3v) is 1.68. The van der Waals surface area contributed by atoms with Gasteiger partial charge in [-0.3, -0.25) is 0 Å². The van der Waals surface area contributed by atoms with E-state index >= 15 is 0 Å². The van der Waals surface area contributed by atoms with Crippen LogP contribution in [0.3, 0.4) is 0 Å². The first-order valence-corrected chi connectivity index (χ1v) is 4.23. The molecule has 12 heavy (non-hydrogen) atoms. The summed E-state index contributed by atoms with van der Waals surface area (Å²) in [5.41, 5.74) is 0. The molecule has 0 aliphatic carbocycles. The summed E-state index contributed by atoms with van der Waals surface area (Å²) < 4.78 is 0. The quantitative estimate of drug-likeness (QED) is 0.431. The molecular formula is C8H18O4. The summed E-state index contributed by atoms with van der Waals surface area (Å²) in [5.74, 6) is 0. The van der Waals surface area contributed by atoms with Gasteiger partial charge < -0.3 is 20.4 Å². The van der Waals surface area contributed by atoms with E-state index < -0.39 is 18.3 Å². The number of aliphatic hydroxyl groups is 4. The second kappa shape index (κ2) is 6.37.